The van der Waals surface area contributed by atoms with Crippen LogP contribution in [0.2, 0.25) is 0 Å². The van der Waals surface area contributed by atoms with Crippen molar-refractivity contribution in [1.29, 1.82) is 5.26 Å². The Kier molecular flexibility index (Phi) is 5.83. The van der Waals surface area contributed by atoms with Gasteiger partial charge in [-0.15, -0.1) is 0 Å². The number of nitriles is 1. The van der Waals surface area contributed by atoms with Gasteiger partial charge in [0.1, 0.15) is 35.4 Å². The molecule has 0 radical (unpaired) electrons. The third-order valence-corrected chi connectivity index (χ3v) is 6.73. The van der Waals surface area contributed by atoms with E-state index in [2.05, 4.69) is 39.7 Å². The molecule has 8 nitrogen and oxygen atoms in total. The maximum absolute atomic E-state index is 13.6. The van der Waals surface area contributed by atoms with Crippen LogP contribution in [-0.2, 0) is 7.05 Å². The van der Waals surface area contributed by atoms with E-state index < -0.39 is 0 Å². The largest absolute Gasteiger partial charge is 0.447 e. The molecule has 1 aromatic carbocycles. The molecule has 4 heterocycles. The van der Waals surface area contributed by atoms with Gasteiger partial charge in [0.25, 0.3) is 5.56 Å². The van der Waals surface area contributed by atoms with Crippen molar-refractivity contribution >= 4 is 16.7 Å². The molecule has 1 unspecified atom stereocenters. The highest BCUT2D eigenvalue weighted by Gasteiger charge is 2.37. The Labute approximate surface area is 201 Å². The SMILES string of the molecule is C[C@@H]1CN(c2cc(=O)n(C)c3ccc(C#N)nc23)[C@@H](C)CN1C(c1ccc(F)cc1)c1ncco1. The van der Waals surface area contributed by atoms with Crippen LogP contribution in [-0.4, -0.2) is 44.6 Å². The van der Waals surface area contributed by atoms with Crippen LogP contribution in [0.4, 0.5) is 10.1 Å². The average molecular weight is 473 g/mol. The van der Waals surface area contributed by atoms with Gasteiger partial charge in [-0.2, -0.15) is 5.26 Å². The topological polar surface area (TPSA) is 91.2 Å². The van der Waals surface area contributed by atoms with Crippen molar-refractivity contribution < 1.29 is 8.81 Å². The Bertz CT molecular complexity index is 1460. The Balaban J connectivity index is 1.54. The van der Waals surface area contributed by atoms with Crippen LogP contribution in [0.5, 0.6) is 0 Å². The number of halogens is 1. The van der Waals surface area contributed by atoms with Crippen molar-refractivity contribution in [3.63, 3.8) is 0 Å². The summed E-state index contributed by atoms with van der Waals surface area (Å²) in [7, 11) is 1.70. The fraction of sp³-hybridized carbons (Fsp3) is 0.308. The number of benzene rings is 1. The summed E-state index contributed by atoms with van der Waals surface area (Å²) >= 11 is 0. The van der Waals surface area contributed by atoms with E-state index in [1.165, 1.54) is 12.1 Å². The van der Waals surface area contributed by atoms with Gasteiger partial charge >= 0.3 is 0 Å². The van der Waals surface area contributed by atoms with Crippen LogP contribution >= 0.6 is 0 Å². The van der Waals surface area contributed by atoms with Gasteiger partial charge in [0.2, 0.25) is 5.89 Å². The van der Waals surface area contributed by atoms with Crippen molar-refractivity contribution in [2.75, 3.05) is 18.0 Å². The van der Waals surface area contributed by atoms with E-state index in [1.807, 2.05) is 0 Å². The molecule has 35 heavy (non-hydrogen) atoms. The fourth-order valence-corrected chi connectivity index (χ4v) is 4.93. The number of aromatic nitrogens is 3. The molecular formula is C26H25FN6O2. The summed E-state index contributed by atoms with van der Waals surface area (Å²) in [5.74, 6) is 0.247. The minimum Gasteiger partial charge on any atom is -0.447 e. The monoisotopic (exact) mass is 472 g/mol. The molecule has 5 rings (SSSR count). The quantitative estimate of drug-likeness (QED) is 0.448. The lowest BCUT2D eigenvalue weighted by Crippen LogP contribution is -2.57. The highest BCUT2D eigenvalue weighted by Crippen LogP contribution is 2.35. The second-order valence-electron chi connectivity index (χ2n) is 8.97. The van der Waals surface area contributed by atoms with Crippen molar-refractivity contribution in [2.45, 2.75) is 32.0 Å². The Morgan fingerprint density at radius 2 is 1.91 bits per heavy atom. The molecule has 178 valence electrons. The van der Waals surface area contributed by atoms with Crippen LogP contribution in [0, 0.1) is 17.1 Å². The number of nitrogens with zero attached hydrogens (tertiary/aromatic N) is 6. The lowest BCUT2D eigenvalue weighted by Gasteiger charge is -2.47. The first-order valence-electron chi connectivity index (χ1n) is 11.5. The van der Waals surface area contributed by atoms with Crippen LogP contribution in [0.15, 0.2) is 64.1 Å². The second kappa shape index (κ2) is 8.96. The Morgan fingerprint density at radius 1 is 1.14 bits per heavy atom. The van der Waals surface area contributed by atoms with Gasteiger partial charge in [-0.1, -0.05) is 12.1 Å². The van der Waals surface area contributed by atoms with Gasteiger partial charge < -0.3 is 13.9 Å². The molecular weight excluding hydrogens is 447 g/mol. The molecule has 3 atom stereocenters. The first-order chi connectivity index (χ1) is 16.9. The standard InChI is InChI=1S/C26H25FN6O2/c1-16-15-33(25(26-29-10-11-35-26)18-4-6-19(27)7-5-18)17(2)14-32(16)22-12-23(34)31(3)21-9-8-20(13-28)30-24(21)22/h4-12,16-17,25H,14-15H2,1-3H3/t16-,17+,25?/m0/s1. The third kappa shape index (κ3) is 4.06. The summed E-state index contributed by atoms with van der Waals surface area (Å²) < 4.78 is 20.9. The van der Waals surface area contributed by atoms with E-state index in [0.29, 0.717) is 41.4 Å². The zero-order valence-corrected chi connectivity index (χ0v) is 19.7. The predicted octanol–water partition coefficient (Wildman–Crippen LogP) is 3.62. The number of oxazole rings is 1. The van der Waals surface area contributed by atoms with E-state index in [9.17, 15) is 14.4 Å². The molecule has 0 aliphatic carbocycles. The normalized spacial score (nSPS) is 19.6. The first kappa shape index (κ1) is 22.7. The summed E-state index contributed by atoms with van der Waals surface area (Å²) in [6.45, 7) is 5.45. The zero-order valence-electron chi connectivity index (χ0n) is 19.7. The molecule has 9 heteroatoms. The molecule has 4 aromatic rings. The lowest BCUT2D eigenvalue weighted by atomic mass is 9.98. The average Bonchev–Trinajstić information content (AvgIpc) is 3.39. The molecule has 0 bridgehead atoms. The summed E-state index contributed by atoms with van der Waals surface area (Å²) in [6, 6.07) is 13.2. The summed E-state index contributed by atoms with van der Waals surface area (Å²) in [5, 5.41) is 9.39. The Hall–Kier alpha value is -4.03. The minimum absolute atomic E-state index is 0.00644. The number of hydrogen-bond donors (Lipinski definition) is 0. The van der Waals surface area contributed by atoms with Crippen molar-refractivity contribution in [3.8, 4) is 6.07 Å². The van der Waals surface area contributed by atoms with Crippen molar-refractivity contribution in [1.82, 2.24) is 19.4 Å². The van der Waals surface area contributed by atoms with Gasteiger partial charge in [-0.05, 0) is 43.7 Å². The van der Waals surface area contributed by atoms with E-state index in [4.69, 9.17) is 4.42 Å². The van der Waals surface area contributed by atoms with Crippen LogP contribution in [0.25, 0.3) is 11.0 Å². The second-order valence-corrected chi connectivity index (χ2v) is 8.97. The molecule has 0 N–H and O–H groups in total. The van der Waals surface area contributed by atoms with Crippen LogP contribution in [0.1, 0.15) is 37.0 Å². The first-order valence-corrected chi connectivity index (χ1v) is 11.5. The van der Waals surface area contributed by atoms with Gasteiger partial charge in [0, 0.05) is 38.3 Å². The minimum atomic E-state index is -0.298. The molecule has 0 amide bonds. The zero-order chi connectivity index (χ0) is 24.7. The number of piperazine rings is 1. The number of rotatable bonds is 4. The van der Waals surface area contributed by atoms with E-state index in [-0.39, 0.29) is 29.5 Å². The van der Waals surface area contributed by atoms with Gasteiger partial charge in [0.05, 0.1) is 17.4 Å². The van der Waals surface area contributed by atoms with E-state index in [1.54, 1.807) is 54.4 Å². The van der Waals surface area contributed by atoms with Crippen molar-refractivity contribution in [3.05, 3.63) is 88.2 Å². The number of aryl methyl sites for hydroxylation is 1. The predicted molar refractivity (Wildman–Crippen MR) is 129 cm³/mol. The van der Waals surface area contributed by atoms with Crippen LogP contribution in [0.3, 0.4) is 0 Å². The van der Waals surface area contributed by atoms with E-state index in [0.717, 1.165) is 5.56 Å². The number of fused-ring (bicyclic) bond motifs is 1. The smallest absolute Gasteiger partial charge is 0.252 e. The molecule has 0 saturated carbocycles. The van der Waals surface area contributed by atoms with Gasteiger partial charge in [-0.3, -0.25) is 9.69 Å². The maximum Gasteiger partial charge on any atom is 0.252 e. The molecule has 1 aliphatic rings. The molecule has 1 aliphatic heterocycles. The maximum atomic E-state index is 13.6. The molecule has 0 spiro atoms. The number of pyridine rings is 2. The fourth-order valence-electron chi connectivity index (χ4n) is 4.93. The molecule has 1 fully saturated rings. The highest BCUT2D eigenvalue weighted by atomic mass is 19.1. The third-order valence-electron chi connectivity index (χ3n) is 6.73. The molecule has 3 aromatic heterocycles. The number of hydrogen-bond acceptors (Lipinski definition) is 7. The summed E-state index contributed by atoms with van der Waals surface area (Å²) in [5.41, 5.74) is 3.08. The number of anilines is 1. The summed E-state index contributed by atoms with van der Waals surface area (Å²) in [6.07, 6.45) is 3.15. The lowest BCUT2D eigenvalue weighted by molar-refractivity contribution is 0.114. The van der Waals surface area contributed by atoms with Gasteiger partial charge in [0.15, 0.2) is 0 Å². The van der Waals surface area contributed by atoms with Gasteiger partial charge in [-0.25, -0.2) is 14.4 Å². The highest BCUT2D eigenvalue weighted by molar-refractivity contribution is 5.89. The van der Waals surface area contributed by atoms with Crippen LogP contribution < -0.4 is 10.5 Å². The van der Waals surface area contributed by atoms with E-state index >= 15 is 0 Å². The summed E-state index contributed by atoms with van der Waals surface area (Å²) in [4.78, 5) is 26.2. The Morgan fingerprint density at radius 3 is 2.60 bits per heavy atom. The van der Waals surface area contributed by atoms with Crippen molar-refractivity contribution in [2.24, 2.45) is 7.05 Å². The molecule has 1 saturated heterocycles.